The van der Waals surface area contributed by atoms with Crippen LogP contribution in [0.3, 0.4) is 0 Å². The highest BCUT2D eigenvalue weighted by Gasteiger charge is 2.28. The molecule has 2 aliphatic rings. The van der Waals surface area contributed by atoms with Crippen molar-refractivity contribution in [2.45, 2.75) is 13.5 Å². The maximum absolute atomic E-state index is 13.1. The van der Waals surface area contributed by atoms with Gasteiger partial charge in [-0.1, -0.05) is 6.07 Å². The van der Waals surface area contributed by atoms with Gasteiger partial charge in [0.25, 0.3) is 11.8 Å². The van der Waals surface area contributed by atoms with Crippen LogP contribution in [0.2, 0.25) is 0 Å². The SMILES string of the molecule is COc1ccc(N2CCN(C(=O)c3csc(CN4C(=O)COc5ccc(C)cc54)n3)CC2)cc1. The lowest BCUT2D eigenvalue weighted by Gasteiger charge is -2.35. The second-order valence-electron chi connectivity index (χ2n) is 8.34. The number of anilines is 2. The molecule has 0 spiro atoms. The summed E-state index contributed by atoms with van der Waals surface area (Å²) in [5, 5.41) is 2.51. The van der Waals surface area contributed by atoms with Gasteiger partial charge in [0.2, 0.25) is 0 Å². The van der Waals surface area contributed by atoms with E-state index in [0.29, 0.717) is 31.1 Å². The number of carbonyl (C=O) groups excluding carboxylic acids is 2. The van der Waals surface area contributed by atoms with Crippen LogP contribution in [-0.4, -0.2) is 61.6 Å². The number of thiazole rings is 1. The minimum absolute atomic E-state index is 0.00565. The molecule has 0 bridgehead atoms. The lowest BCUT2D eigenvalue weighted by molar-refractivity contribution is -0.121. The summed E-state index contributed by atoms with van der Waals surface area (Å²) in [6.45, 7) is 5.08. The topological polar surface area (TPSA) is 75.2 Å². The summed E-state index contributed by atoms with van der Waals surface area (Å²) in [6, 6.07) is 13.7. The van der Waals surface area contributed by atoms with Crippen molar-refractivity contribution in [1.82, 2.24) is 9.88 Å². The van der Waals surface area contributed by atoms with Crippen molar-refractivity contribution in [1.29, 1.82) is 0 Å². The quantitative estimate of drug-likeness (QED) is 0.560. The Labute approximate surface area is 202 Å². The van der Waals surface area contributed by atoms with Crippen LogP contribution in [0.5, 0.6) is 11.5 Å². The molecule has 0 radical (unpaired) electrons. The minimum atomic E-state index is -0.115. The van der Waals surface area contributed by atoms with Gasteiger partial charge < -0.3 is 19.3 Å². The number of aromatic nitrogens is 1. The van der Waals surface area contributed by atoms with Gasteiger partial charge in [-0.25, -0.2) is 4.98 Å². The van der Waals surface area contributed by atoms with Crippen molar-refractivity contribution in [3.8, 4) is 11.5 Å². The van der Waals surface area contributed by atoms with Crippen molar-refractivity contribution in [2.75, 3.05) is 49.7 Å². The lowest BCUT2D eigenvalue weighted by Crippen LogP contribution is -2.48. The zero-order chi connectivity index (χ0) is 23.7. The van der Waals surface area contributed by atoms with Gasteiger partial charge in [-0.15, -0.1) is 11.3 Å². The van der Waals surface area contributed by atoms with E-state index in [4.69, 9.17) is 9.47 Å². The monoisotopic (exact) mass is 478 g/mol. The van der Waals surface area contributed by atoms with Crippen LogP contribution in [0.4, 0.5) is 11.4 Å². The first kappa shape index (κ1) is 22.2. The molecule has 2 amide bonds. The fraction of sp³-hybridized carbons (Fsp3) is 0.320. The first-order valence-corrected chi connectivity index (χ1v) is 12.1. The Morgan fingerprint density at radius 3 is 2.62 bits per heavy atom. The number of carbonyl (C=O) groups is 2. The average molecular weight is 479 g/mol. The number of amides is 2. The van der Waals surface area contributed by atoms with Gasteiger partial charge in [0.1, 0.15) is 22.2 Å². The van der Waals surface area contributed by atoms with E-state index in [1.165, 1.54) is 11.3 Å². The van der Waals surface area contributed by atoms with Gasteiger partial charge in [0.15, 0.2) is 6.61 Å². The third-order valence-corrected chi connectivity index (χ3v) is 6.96. The first-order chi connectivity index (χ1) is 16.5. The second kappa shape index (κ2) is 9.34. The number of fused-ring (bicyclic) bond motifs is 1. The highest BCUT2D eigenvalue weighted by Crippen LogP contribution is 2.34. The van der Waals surface area contributed by atoms with Gasteiger partial charge in [-0.3, -0.25) is 14.5 Å². The van der Waals surface area contributed by atoms with E-state index in [2.05, 4.69) is 9.88 Å². The Morgan fingerprint density at radius 1 is 1.12 bits per heavy atom. The molecule has 0 atom stereocenters. The van der Waals surface area contributed by atoms with Crippen molar-refractivity contribution in [3.05, 3.63) is 64.1 Å². The summed E-state index contributed by atoms with van der Waals surface area (Å²) < 4.78 is 10.8. The predicted octanol–water partition coefficient (Wildman–Crippen LogP) is 3.35. The zero-order valence-electron chi connectivity index (χ0n) is 19.2. The molecule has 0 aliphatic carbocycles. The fourth-order valence-electron chi connectivity index (χ4n) is 4.23. The molecule has 0 unspecified atom stereocenters. The summed E-state index contributed by atoms with van der Waals surface area (Å²) in [4.78, 5) is 36.0. The highest BCUT2D eigenvalue weighted by atomic mass is 32.1. The Morgan fingerprint density at radius 2 is 1.88 bits per heavy atom. The van der Waals surface area contributed by atoms with Gasteiger partial charge in [-0.05, 0) is 48.9 Å². The molecule has 9 heteroatoms. The third-order valence-electron chi connectivity index (χ3n) is 6.13. The molecule has 1 aromatic heterocycles. The van der Waals surface area contributed by atoms with Gasteiger partial charge >= 0.3 is 0 Å². The molecular weight excluding hydrogens is 452 g/mol. The van der Waals surface area contributed by atoms with Crippen molar-refractivity contribution < 1.29 is 19.1 Å². The molecule has 3 heterocycles. The minimum Gasteiger partial charge on any atom is -0.497 e. The summed E-state index contributed by atoms with van der Waals surface area (Å²) in [5.74, 6) is 1.33. The Bertz CT molecular complexity index is 1200. The van der Waals surface area contributed by atoms with E-state index in [1.54, 1.807) is 17.4 Å². The van der Waals surface area contributed by atoms with E-state index in [1.807, 2.05) is 54.3 Å². The zero-order valence-corrected chi connectivity index (χ0v) is 20.0. The number of hydrogen-bond donors (Lipinski definition) is 0. The number of benzene rings is 2. The average Bonchev–Trinajstić information content (AvgIpc) is 3.34. The van der Waals surface area contributed by atoms with Crippen LogP contribution in [0.1, 0.15) is 21.1 Å². The van der Waals surface area contributed by atoms with Crippen LogP contribution in [0.25, 0.3) is 0 Å². The van der Waals surface area contributed by atoms with Gasteiger partial charge in [0.05, 0.1) is 19.3 Å². The molecule has 8 nitrogen and oxygen atoms in total. The van der Waals surface area contributed by atoms with E-state index in [0.717, 1.165) is 40.8 Å². The Balaban J connectivity index is 1.23. The highest BCUT2D eigenvalue weighted by molar-refractivity contribution is 7.09. The molecule has 3 aromatic rings. The van der Waals surface area contributed by atoms with Crippen LogP contribution in [0.15, 0.2) is 47.8 Å². The van der Waals surface area contributed by atoms with Crippen LogP contribution in [0, 0.1) is 6.92 Å². The number of methoxy groups -OCH3 is 1. The normalized spacial score (nSPS) is 15.7. The maximum atomic E-state index is 13.1. The molecule has 1 fully saturated rings. The molecule has 1 saturated heterocycles. The molecule has 0 saturated carbocycles. The van der Waals surface area contributed by atoms with Crippen molar-refractivity contribution >= 4 is 34.5 Å². The smallest absolute Gasteiger partial charge is 0.273 e. The number of nitrogens with zero attached hydrogens (tertiary/aromatic N) is 4. The van der Waals surface area contributed by atoms with Gasteiger partial charge in [0, 0.05) is 37.2 Å². The second-order valence-corrected chi connectivity index (χ2v) is 9.29. The first-order valence-electron chi connectivity index (χ1n) is 11.2. The van der Waals surface area contributed by atoms with E-state index in [9.17, 15) is 9.59 Å². The number of piperazine rings is 1. The van der Waals surface area contributed by atoms with Crippen molar-refractivity contribution in [3.63, 3.8) is 0 Å². The van der Waals surface area contributed by atoms with E-state index in [-0.39, 0.29) is 18.4 Å². The molecular formula is C25H26N4O4S. The molecule has 2 aromatic carbocycles. The molecule has 2 aliphatic heterocycles. The van der Waals surface area contributed by atoms with Crippen LogP contribution < -0.4 is 19.3 Å². The summed E-state index contributed by atoms with van der Waals surface area (Å²) in [6.07, 6.45) is 0. The summed E-state index contributed by atoms with van der Waals surface area (Å²) >= 11 is 1.40. The Hall–Kier alpha value is -3.59. The van der Waals surface area contributed by atoms with E-state index >= 15 is 0 Å². The van der Waals surface area contributed by atoms with Crippen LogP contribution >= 0.6 is 11.3 Å². The molecule has 5 rings (SSSR count). The number of hydrogen-bond acceptors (Lipinski definition) is 7. The summed E-state index contributed by atoms with van der Waals surface area (Å²) in [5.41, 5.74) is 3.34. The number of ether oxygens (including phenoxy) is 2. The van der Waals surface area contributed by atoms with Crippen LogP contribution in [-0.2, 0) is 11.3 Å². The summed E-state index contributed by atoms with van der Waals surface area (Å²) in [7, 11) is 1.65. The molecule has 176 valence electrons. The largest absolute Gasteiger partial charge is 0.497 e. The third kappa shape index (κ3) is 4.43. The Kier molecular flexibility index (Phi) is 6.10. The van der Waals surface area contributed by atoms with Gasteiger partial charge in [-0.2, -0.15) is 0 Å². The van der Waals surface area contributed by atoms with Crippen molar-refractivity contribution in [2.24, 2.45) is 0 Å². The van der Waals surface area contributed by atoms with E-state index < -0.39 is 0 Å². The number of aryl methyl sites for hydroxylation is 1. The fourth-order valence-corrected chi connectivity index (χ4v) is 4.98. The lowest BCUT2D eigenvalue weighted by atomic mass is 10.1. The molecule has 0 N–H and O–H groups in total. The predicted molar refractivity (Wildman–Crippen MR) is 131 cm³/mol. The standard InChI is InChI=1S/C25H26N4O4S/c1-17-3-8-22-21(13-17)29(24(30)15-33-22)14-23-26-20(16-34-23)25(31)28-11-9-27(10-12-28)18-4-6-19(32-2)7-5-18/h3-8,13,16H,9-12,14-15H2,1-2H3. The molecule has 34 heavy (non-hydrogen) atoms. The number of rotatable bonds is 5. The maximum Gasteiger partial charge on any atom is 0.273 e.